The number of nitrogens with zero attached hydrogens (tertiary/aromatic N) is 3. The second-order valence-electron chi connectivity index (χ2n) is 13.7. The maximum Gasteiger partial charge on any atom is 0.248 e. The van der Waals surface area contributed by atoms with E-state index in [4.69, 9.17) is 4.74 Å². The van der Waals surface area contributed by atoms with Crippen molar-refractivity contribution >= 4 is 17.7 Å². The van der Waals surface area contributed by atoms with Gasteiger partial charge in [0.15, 0.2) is 0 Å². The molecule has 3 amide bonds. The van der Waals surface area contributed by atoms with Gasteiger partial charge in [0.25, 0.3) is 0 Å². The number of aliphatic hydroxyl groups excluding tert-OH is 1. The zero-order valence-electron chi connectivity index (χ0n) is 28.2. The molecule has 3 saturated heterocycles. The molecule has 1 N–H and O–H groups in total. The van der Waals surface area contributed by atoms with E-state index in [0.29, 0.717) is 39.0 Å². The van der Waals surface area contributed by atoms with Gasteiger partial charge in [-0.15, -0.1) is 13.2 Å². The number of carbonyl (C=O) groups excluding carboxylic acids is 3. The van der Waals surface area contributed by atoms with Crippen LogP contribution in [0.2, 0.25) is 0 Å². The van der Waals surface area contributed by atoms with Crippen molar-refractivity contribution in [3.05, 3.63) is 97.1 Å². The van der Waals surface area contributed by atoms with Gasteiger partial charge >= 0.3 is 0 Å². The molecule has 0 aliphatic carbocycles. The molecule has 1 spiro atoms. The Bertz CT molecular complexity index is 1430. The Balaban J connectivity index is 1.60. The van der Waals surface area contributed by atoms with Crippen LogP contribution in [-0.2, 0) is 32.1 Å². The molecule has 3 fully saturated rings. The summed E-state index contributed by atoms with van der Waals surface area (Å²) in [7, 11) is 0. The maximum absolute atomic E-state index is 15.0. The van der Waals surface area contributed by atoms with Crippen LogP contribution in [-0.4, -0.2) is 87.1 Å². The highest BCUT2D eigenvalue weighted by atomic mass is 16.5. The fourth-order valence-electron chi connectivity index (χ4n) is 8.42. The highest BCUT2D eigenvalue weighted by molar-refractivity contribution is 5.99. The molecule has 5 rings (SSSR count). The summed E-state index contributed by atoms with van der Waals surface area (Å²) in [5.41, 5.74) is -0.229. The van der Waals surface area contributed by atoms with E-state index in [0.717, 1.165) is 30.4 Å². The summed E-state index contributed by atoms with van der Waals surface area (Å²) in [6, 6.07) is 17.8. The van der Waals surface area contributed by atoms with Gasteiger partial charge in [-0.05, 0) is 43.2 Å². The molecule has 7 atom stereocenters. The van der Waals surface area contributed by atoms with Gasteiger partial charge in [0.05, 0.1) is 30.1 Å². The monoisotopic (exact) mass is 641 g/mol. The lowest BCUT2D eigenvalue weighted by Crippen LogP contribution is -2.59. The molecule has 0 radical (unpaired) electrons. The van der Waals surface area contributed by atoms with Crippen molar-refractivity contribution in [3.63, 3.8) is 0 Å². The number of benzene rings is 2. The van der Waals surface area contributed by atoms with Crippen molar-refractivity contribution in [1.82, 2.24) is 14.7 Å². The van der Waals surface area contributed by atoms with E-state index < -0.39 is 35.1 Å². The fourth-order valence-corrected chi connectivity index (χ4v) is 8.42. The lowest BCUT2D eigenvalue weighted by Gasteiger charge is -2.39. The third-order valence-corrected chi connectivity index (χ3v) is 10.7. The molecule has 2 bridgehead atoms. The molecule has 3 heterocycles. The zero-order valence-corrected chi connectivity index (χ0v) is 28.2. The minimum Gasteiger partial charge on any atom is -0.394 e. The molecule has 47 heavy (non-hydrogen) atoms. The van der Waals surface area contributed by atoms with Crippen molar-refractivity contribution in [3.8, 4) is 0 Å². The van der Waals surface area contributed by atoms with E-state index in [1.807, 2.05) is 67.6 Å². The predicted molar refractivity (Wildman–Crippen MR) is 183 cm³/mol. The summed E-state index contributed by atoms with van der Waals surface area (Å²) in [5, 5.41) is 10.8. The third-order valence-electron chi connectivity index (χ3n) is 10.7. The minimum atomic E-state index is -1.20. The number of fused-ring (bicyclic) bond motifs is 1. The Hall–Kier alpha value is -3.75. The number of likely N-dealkylation sites (tertiary alicyclic amines) is 1. The van der Waals surface area contributed by atoms with E-state index in [1.54, 1.807) is 26.9 Å². The van der Waals surface area contributed by atoms with Crippen molar-refractivity contribution in [1.29, 1.82) is 0 Å². The van der Waals surface area contributed by atoms with E-state index in [2.05, 4.69) is 27.0 Å². The molecule has 0 saturated carbocycles. The zero-order chi connectivity index (χ0) is 33.8. The normalized spacial score (nSPS) is 28.2. The smallest absolute Gasteiger partial charge is 0.248 e. The van der Waals surface area contributed by atoms with E-state index in [9.17, 15) is 19.5 Å². The van der Waals surface area contributed by atoms with Gasteiger partial charge in [-0.2, -0.15) is 0 Å². The van der Waals surface area contributed by atoms with E-state index in [-0.39, 0.29) is 30.2 Å². The molecule has 8 heteroatoms. The van der Waals surface area contributed by atoms with Crippen LogP contribution >= 0.6 is 0 Å². The average Bonchev–Trinajstić information content (AvgIpc) is 3.59. The molecule has 3 unspecified atom stereocenters. The Morgan fingerprint density at radius 2 is 1.62 bits per heavy atom. The molecular weight excluding hydrogens is 590 g/mol. The van der Waals surface area contributed by atoms with Crippen molar-refractivity contribution in [2.24, 2.45) is 17.8 Å². The van der Waals surface area contributed by atoms with Crippen LogP contribution in [0.25, 0.3) is 0 Å². The number of hydrogen-bond donors (Lipinski definition) is 1. The number of unbranched alkanes of at least 4 members (excludes halogenated alkanes) is 2. The Kier molecular flexibility index (Phi) is 10.7. The minimum absolute atomic E-state index is 0.0901. The fraction of sp³-hybridized carbons (Fsp3) is 0.513. The summed E-state index contributed by atoms with van der Waals surface area (Å²) in [6.07, 6.45) is 7.06. The van der Waals surface area contributed by atoms with Crippen LogP contribution in [0.4, 0.5) is 0 Å². The number of aliphatic hydroxyl groups is 1. The number of hydrogen-bond acceptors (Lipinski definition) is 5. The Morgan fingerprint density at radius 3 is 2.21 bits per heavy atom. The van der Waals surface area contributed by atoms with Gasteiger partial charge in [0.1, 0.15) is 11.6 Å². The first kappa shape index (κ1) is 34.6. The molecule has 8 nitrogen and oxygen atoms in total. The summed E-state index contributed by atoms with van der Waals surface area (Å²) in [5.74, 6) is -2.43. The summed E-state index contributed by atoms with van der Waals surface area (Å²) >= 11 is 0. The largest absolute Gasteiger partial charge is 0.394 e. The lowest BCUT2D eigenvalue weighted by atomic mass is 9.62. The van der Waals surface area contributed by atoms with Crippen molar-refractivity contribution in [2.45, 2.75) is 82.7 Å². The van der Waals surface area contributed by atoms with Crippen molar-refractivity contribution in [2.75, 3.05) is 26.2 Å². The van der Waals surface area contributed by atoms with Crippen LogP contribution < -0.4 is 0 Å². The van der Waals surface area contributed by atoms with Gasteiger partial charge in [0.2, 0.25) is 17.7 Å². The van der Waals surface area contributed by atoms with Crippen LogP contribution in [0.3, 0.4) is 0 Å². The van der Waals surface area contributed by atoms with Crippen molar-refractivity contribution < 1.29 is 24.2 Å². The van der Waals surface area contributed by atoms with Crippen LogP contribution in [0.1, 0.15) is 57.6 Å². The lowest BCUT2D eigenvalue weighted by molar-refractivity contribution is -0.157. The number of ether oxygens (including phenoxy) is 1. The van der Waals surface area contributed by atoms with Gasteiger partial charge in [-0.25, -0.2) is 0 Å². The van der Waals surface area contributed by atoms with Gasteiger partial charge < -0.3 is 24.5 Å². The highest BCUT2D eigenvalue weighted by Gasteiger charge is 2.80. The number of rotatable bonds is 16. The summed E-state index contributed by atoms with van der Waals surface area (Å²) < 4.78 is 7.04. The standard InChI is InChI=1S/C39H51N3O5/c1-6-9-16-23-40(21-7-2)37(46)34-39-25-28(4)38(5,47-39)32(35(44)41(22-8-3)26-30-19-14-11-15-20-30)33(39)36(45)42(34)31(27-43)24-29-17-12-10-13-18-29/h7-8,10-15,17-20,28,31-34,43H,2-3,6,9,16,21-27H2,1,4-5H3/t28?,31-,32-,33+,34?,38+,39?/m1/s1. The Morgan fingerprint density at radius 1 is 1.00 bits per heavy atom. The summed E-state index contributed by atoms with van der Waals surface area (Å²) in [4.78, 5) is 49.7. The molecule has 3 aliphatic rings. The quantitative estimate of drug-likeness (QED) is 0.205. The molecule has 2 aromatic carbocycles. The third kappa shape index (κ3) is 6.30. The van der Waals surface area contributed by atoms with Gasteiger partial charge in [-0.3, -0.25) is 14.4 Å². The molecule has 252 valence electrons. The first-order valence-corrected chi connectivity index (χ1v) is 17.2. The first-order valence-electron chi connectivity index (χ1n) is 17.2. The SMILES string of the molecule is C=CCN(CCCCC)C(=O)C1N([C@@H](CO)Cc2ccccc2)C(=O)[C@@H]2[C@H](C(=O)N(CC=C)Cc3ccccc3)[C@@]3(C)OC12CC3C. The Labute approximate surface area is 280 Å². The van der Waals surface area contributed by atoms with Gasteiger partial charge in [0, 0.05) is 26.2 Å². The second-order valence-corrected chi connectivity index (χ2v) is 13.7. The first-order chi connectivity index (χ1) is 22.7. The van der Waals surface area contributed by atoms with E-state index >= 15 is 0 Å². The molecule has 3 aliphatic heterocycles. The summed E-state index contributed by atoms with van der Waals surface area (Å²) in [6.45, 7) is 15.2. The predicted octanol–water partition coefficient (Wildman–Crippen LogP) is 5.02. The number of carbonyl (C=O) groups is 3. The molecule has 2 aromatic rings. The highest BCUT2D eigenvalue weighted by Crippen LogP contribution is 2.66. The number of amides is 3. The average molecular weight is 642 g/mol. The van der Waals surface area contributed by atoms with Crippen LogP contribution in [0.5, 0.6) is 0 Å². The molecule has 0 aromatic heterocycles. The van der Waals surface area contributed by atoms with Crippen LogP contribution in [0.15, 0.2) is 86.0 Å². The topological polar surface area (TPSA) is 90.4 Å². The maximum atomic E-state index is 15.0. The van der Waals surface area contributed by atoms with E-state index in [1.165, 1.54) is 0 Å². The molecular formula is C39H51N3O5. The van der Waals surface area contributed by atoms with Crippen LogP contribution in [0, 0.1) is 17.8 Å². The second kappa shape index (κ2) is 14.6. The van der Waals surface area contributed by atoms with Gasteiger partial charge in [-0.1, -0.05) is 99.5 Å².